The summed E-state index contributed by atoms with van der Waals surface area (Å²) in [6, 6.07) is 5.91. The fourth-order valence-electron chi connectivity index (χ4n) is 3.95. The van der Waals surface area contributed by atoms with E-state index in [1.807, 2.05) is 0 Å². The molecule has 7 nitrogen and oxygen atoms in total. The van der Waals surface area contributed by atoms with E-state index in [9.17, 15) is 19.5 Å². The van der Waals surface area contributed by atoms with Crippen LogP contribution in [0.15, 0.2) is 24.3 Å². The summed E-state index contributed by atoms with van der Waals surface area (Å²) in [5, 5.41) is 12.7. The number of hydrogen-bond donors (Lipinski definition) is 2. The number of benzene rings is 1. The normalized spacial score (nSPS) is 31.3. The molecule has 4 unspecified atom stereocenters. The third-order valence-corrected chi connectivity index (χ3v) is 5.15. The summed E-state index contributed by atoms with van der Waals surface area (Å²) in [7, 11) is 0. The summed E-state index contributed by atoms with van der Waals surface area (Å²) in [6.07, 6.45) is 0. The number of amides is 2. The molecule has 0 aliphatic carbocycles. The number of nitrogens with one attached hydrogen (secondary N) is 1. The van der Waals surface area contributed by atoms with Crippen LogP contribution in [0, 0.1) is 11.8 Å². The van der Waals surface area contributed by atoms with Gasteiger partial charge in [-0.15, -0.1) is 0 Å². The summed E-state index contributed by atoms with van der Waals surface area (Å²) in [5.74, 6) is -2.54. The van der Waals surface area contributed by atoms with Crippen LogP contribution >= 0.6 is 0 Å². The van der Waals surface area contributed by atoms with Gasteiger partial charge in [-0.2, -0.15) is 0 Å². The minimum absolute atomic E-state index is 0.107. The molecule has 1 aromatic rings. The van der Waals surface area contributed by atoms with Crippen molar-refractivity contribution < 1.29 is 24.2 Å². The lowest BCUT2D eigenvalue weighted by atomic mass is 9.80. The van der Waals surface area contributed by atoms with Gasteiger partial charge in [0.1, 0.15) is 11.3 Å². The highest BCUT2D eigenvalue weighted by Gasteiger charge is 2.66. The second-order valence-corrected chi connectivity index (χ2v) is 6.56. The van der Waals surface area contributed by atoms with Crippen LogP contribution in [0.5, 0.6) is 5.75 Å². The first-order valence-electron chi connectivity index (χ1n) is 8.44. The number of imide groups is 1. The van der Waals surface area contributed by atoms with E-state index in [1.54, 1.807) is 32.9 Å². The molecule has 25 heavy (non-hydrogen) atoms. The number of esters is 1. The maximum absolute atomic E-state index is 12.8. The van der Waals surface area contributed by atoms with Gasteiger partial charge in [-0.1, -0.05) is 12.1 Å². The van der Waals surface area contributed by atoms with Crippen LogP contribution in [-0.2, 0) is 19.1 Å². The van der Waals surface area contributed by atoms with E-state index in [-0.39, 0.29) is 30.7 Å². The molecule has 2 amide bonds. The molecule has 2 heterocycles. The first kappa shape index (κ1) is 17.4. The van der Waals surface area contributed by atoms with E-state index < -0.39 is 29.4 Å². The molecule has 3 rings (SSSR count). The molecular formula is C18H22N2O5. The Kier molecular flexibility index (Phi) is 4.28. The molecule has 0 radical (unpaired) electrons. The Morgan fingerprint density at radius 2 is 1.88 bits per heavy atom. The van der Waals surface area contributed by atoms with Crippen molar-refractivity contribution in [3.8, 4) is 5.75 Å². The molecule has 0 aromatic heterocycles. The van der Waals surface area contributed by atoms with Crippen molar-refractivity contribution in [3.63, 3.8) is 0 Å². The standard InChI is InChI=1S/C18H22N2O5/c1-4-20-15(22)12-13(16(20)23)18(3,17(24)25-5-2)19-14(12)10-6-8-11(21)9-7-10/h6-9,12-14,19,21H,4-5H2,1-3H3. The topological polar surface area (TPSA) is 95.9 Å². The van der Waals surface area contributed by atoms with Crippen molar-refractivity contribution in [1.82, 2.24) is 10.2 Å². The van der Waals surface area contributed by atoms with Crippen LogP contribution in [0.1, 0.15) is 32.4 Å². The highest BCUT2D eigenvalue weighted by atomic mass is 16.5. The van der Waals surface area contributed by atoms with Crippen molar-refractivity contribution in [2.45, 2.75) is 32.4 Å². The predicted octanol–water partition coefficient (Wildman–Crippen LogP) is 0.979. The largest absolute Gasteiger partial charge is 0.508 e. The van der Waals surface area contributed by atoms with Crippen LogP contribution in [-0.4, -0.2) is 46.5 Å². The van der Waals surface area contributed by atoms with E-state index in [0.29, 0.717) is 0 Å². The van der Waals surface area contributed by atoms with Crippen molar-refractivity contribution in [2.24, 2.45) is 11.8 Å². The smallest absolute Gasteiger partial charge is 0.326 e. The maximum atomic E-state index is 12.8. The second kappa shape index (κ2) is 6.15. The van der Waals surface area contributed by atoms with Gasteiger partial charge in [-0.25, -0.2) is 0 Å². The highest BCUT2D eigenvalue weighted by molar-refractivity contribution is 6.09. The Bertz CT molecular complexity index is 717. The molecule has 2 fully saturated rings. The number of aromatic hydroxyl groups is 1. The monoisotopic (exact) mass is 346 g/mol. The number of ether oxygens (including phenoxy) is 1. The molecule has 4 atom stereocenters. The lowest BCUT2D eigenvalue weighted by molar-refractivity contribution is -0.155. The molecule has 0 spiro atoms. The summed E-state index contributed by atoms with van der Waals surface area (Å²) in [4.78, 5) is 39.4. The van der Waals surface area contributed by atoms with E-state index >= 15 is 0 Å². The zero-order chi connectivity index (χ0) is 18.4. The Hall–Kier alpha value is -2.41. The van der Waals surface area contributed by atoms with Crippen molar-refractivity contribution in [3.05, 3.63) is 29.8 Å². The zero-order valence-electron chi connectivity index (χ0n) is 14.5. The average molecular weight is 346 g/mol. The number of fused-ring (bicyclic) bond motifs is 1. The third-order valence-electron chi connectivity index (χ3n) is 5.15. The number of phenolic OH excluding ortho intramolecular Hbond substituents is 1. The van der Waals surface area contributed by atoms with Gasteiger partial charge in [-0.05, 0) is 38.5 Å². The maximum Gasteiger partial charge on any atom is 0.326 e. The Morgan fingerprint density at radius 3 is 2.44 bits per heavy atom. The Morgan fingerprint density at radius 1 is 1.24 bits per heavy atom. The van der Waals surface area contributed by atoms with Gasteiger partial charge in [0.25, 0.3) is 0 Å². The van der Waals surface area contributed by atoms with Gasteiger partial charge >= 0.3 is 5.97 Å². The lowest BCUT2D eigenvalue weighted by Gasteiger charge is -2.28. The molecule has 0 saturated carbocycles. The average Bonchev–Trinajstić information content (AvgIpc) is 3.03. The molecule has 2 N–H and O–H groups in total. The van der Waals surface area contributed by atoms with Gasteiger partial charge in [0.2, 0.25) is 11.8 Å². The molecule has 2 aliphatic rings. The summed E-state index contributed by atoms with van der Waals surface area (Å²) in [6.45, 7) is 5.52. The number of phenols is 1. The molecule has 2 aliphatic heterocycles. The number of carbonyl (C=O) groups is 3. The van der Waals surface area contributed by atoms with Gasteiger partial charge in [0.05, 0.1) is 18.4 Å². The second-order valence-electron chi connectivity index (χ2n) is 6.56. The summed E-state index contributed by atoms with van der Waals surface area (Å²) >= 11 is 0. The minimum Gasteiger partial charge on any atom is -0.508 e. The minimum atomic E-state index is -1.28. The van der Waals surface area contributed by atoms with Crippen LogP contribution in [0.4, 0.5) is 0 Å². The number of rotatable bonds is 4. The van der Waals surface area contributed by atoms with Gasteiger partial charge in [-0.3, -0.25) is 24.6 Å². The first-order valence-corrected chi connectivity index (χ1v) is 8.44. The van der Waals surface area contributed by atoms with Crippen LogP contribution in [0.2, 0.25) is 0 Å². The lowest BCUT2D eigenvalue weighted by Crippen LogP contribution is -2.54. The highest BCUT2D eigenvalue weighted by Crippen LogP contribution is 2.49. The summed E-state index contributed by atoms with van der Waals surface area (Å²) in [5.41, 5.74) is -0.542. The molecular weight excluding hydrogens is 324 g/mol. The van der Waals surface area contributed by atoms with E-state index in [1.165, 1.54) is 17.0 Å². The van der Waals surface area contributed by atoms with Gasteiger partial charge in [0, 0.05) is 12.6 Å². The van der Waals surface area contributed by atoms with E-state index in [4.69, 9.17) is 4.74 Å². The number of carbonyl (C=O) groups excluding carboxylic acids is 3. The quantitative estimate of drug-likeness (QED) is 0.623. The predicted molar refractivity (Wildman–Crippen MR) is 88.4 cm³/mol. The molecule has 1 aromatic carbocycles. The Balaban J connectivity index is 2.07. The van der Waals surface area contributed by atoms with Gasteiger partial charge in [0.15, 0.2) is 0 Å². The number of likely N-dealkylation sites (tertiary alicyclic amines) is 1. The molecule has 134 valence electrons. The summed E-state index contributed by atoms with van der Waals surface area (Å²) < 4.78 is 5.17. The van der Waals surface area contributed by atoms with Gasteiger partial charge < -0.3 is 9.84 Å². The number of nitrogens with zero attached hydrogens (tertiary/aromatic N) is 1. The van der Waals surface area contributed by atoms with E-state index in [0.717, 1.165) is 5.56 Å². The van der Waals surface area contributed by atoms with Crippen LogP contribution in [0.3, 0.4) is 0 Å². The van der Waals surface area contributed by atoms with Crippen molar-refractivity contribution >= 4 is 17.8 Å². The molecule has 0 bridgehead atoms. The van der Waals surface area contributed by atoms with Crippen LogP contribution in [0.25, 0.3) is 0 Å². The zero-order valence-corrected chi connectivity index (χ0v) is 14.5. The fraction of sp³-hybridized carbons (Fsp3) is 0.500. The molecule has 2 saturated heterocycles. The van der Waals surface area contributed by atoms with E-state index in [2.05, 4.69) is 5.32 Å². The molecule has 7 heteroatoms. The number of hydrogen-bond acceptors (Lipinski definition) is 6. The SMILES string of the molecule is CCOC(=O)C1(C)NC(c2ccc(O)cc2)C2C(=O)N(CC)C(=O)C21. The van der Waals surface area contributed by atoms with Crippen molar-refractivity contribution in [1.29, 1.82) is 0 Å². The fourth-order valence-corrected chi connectivity index (χ4v) is 3.95. The van der Waals surface area contributed by atoms with Crippen molar-refractivity contribution in [2.75, 3.05) is 13.2 Å². The Labute approximate surface area is 146 Å². The van der Waals surface area contributed by atoms with Crippen LogP contribution < -0.4 is 5.32 Å². The third kappa shape index (κ3) is 2.50. The first-order chi connectivity index (χ1) is 11.8.